The van der Waals surface area contributed by atoms with Crippen molar-refractivity contribution in [2.75, 3.05) is 10.6 Å². The Bertz CT molecular complexity index is 1010. The summed E-state index contributed by atoms with van der Waals surface area (Å²) in [5, 5.41) is 7.26. The van der Waals surface area contributed by atoms with Gasteiger partial charge in [0.2, 0.25) is 11.9 Å². The molecule has 0 saturated heterocycles. The molecule has 1 fully saturated rings. The lowest BCUT2D eigenvalue weighted by Crippen LogP contribution is -2.13. The first kappa shape index (κ1) is 17.5. The summed E-state index contributed by atoms with van der Waals surface area (Å²) in [6.07, 6.45) is 3.86. The zero-order valence-electron chi connectivity index (χ0n) is 15.9. The first-order valence-electron chi connectivity index (χ1n) is 9.45. The van der Waals surface area contributed by atoms with Gasteiger partial charge in [-0.2, -0.15) is 0 Å². The van der Waals surface area contributed by atoms with Crippen LogP contribution < -0.4 is 10.6 Å². The van der Waals surface area contributed by atoms with E-state index in [1.54, 1.807) is 0 Å². The predicted octanol–water partition coefficient (Wildman–Crippen LogP) is 4.77. The molecule has 0 unspecified atom stereocenters. The Morgan fingerprint density at radius 1 is 1.15 bits per heavy atom. The topological polar surface area (TPSA) is 66.9 Å². The maximum absolute atomic E-state index is 12.1. The number of nitrogens with zero attached hydrogens (tertiary/aromatic N) is 2. The Hall–Kier alpha value is -2.95. The molecule has 1 aromatic heterocycles. The van der Waals surface area contributed by atoms with E-state index in [0.29, 0.717) is 5.95 Å². The zero-order valence-corrected chi connectivity index (χ0v) is 15.9. The molecule has 5 heteroatoms. The van der Waals surface area contributed by atoms with Crippen LogP contribution in [0.15, 0.2) is 42.6 Å². The summed E-state index contributed by atoms with van der Waals surface area (Å²) < 4.78 is 0. The summed E-state index contributed by atoms with van der Waals surface area (Å²) in [4.78, 5) is 21.0. The van der Waals surface area contributed by atoms with Gasteiger partial charge in [0.25, 0.3) is 0 Å². The summed E-state index contributed by atoms with van der Waals surface area (Å²) >= 11 is 0. The summed E-state index contributed by atoms with van der Waals surface area (Å²) in [5.74, 6) is 0.967. The van der Waals surface area contributed by atoms with Crippen LogP contribution in [0.1, 0.15) is 32.3 Å². The molecule has 0 spiro atoms. The number of hydrogen-bond acceptors (Lipinski definition) is 4. The van der Waals surface area contributed by atoms with Gasteiger partial charge in [-0.15, -0.1) is 0 Å². The van der Waals surface area contributed by atoms with Crippen molar-refractivity contribution in [3.8, 4) is 11.1 Å². The van der Waals surface area contributed by atoms with Gasteiger partial charge < -0.3 is 10.6 Å². The van der Waals surface area contributed by atoms with E-state index >= 15 is 0 Å². The van der Waals surface area contributed by atoms with Crippen LogP contribution in [0.2, 0.25) is 0 Å². The smallest absolute Gasteiger partial charge is 0.227 e. The Morgan fingerprint density at radius 2 is 1.96 bits per heavy atom. The van der Waals surface area contributed by atoms with Crippen LogP contribution in [-0.2, 0) is 4.79 Å². The number of carbonyl (C=O) groups excluding carboxylic acids is 1. The Balaban J connectivity index is 1.65. The SMILES string of the molecule is Cc1ccc(NC(=O)C2CC2)cc1-c1ccc2nc(NC(C)C)ncc2c1. The van der Waals surface area contributed by atoms with Gasteiger partial charge in [0, 0.05) is 29.2 Å². The van der Waals surface area contributed by atoms with E-state index in [1.165, 1.54) is 0 Å². The average Bonchev–Trinajstić information content (AvgIpc) is 3.47. The molecule has 5 nitrogen and oxygen atoms in total. The molecule has 0 atom stereocenters. The van der Waals surface area contributed by atoms with Crippen molar-refractivity contribution in [1.29, 1.82) is 0 Å². The molecule has 0 bridgehead atoms. The van der Waals surface area contributed by atoms with Gasteiger partial charge in [-0.1, -0.05) is 12.1 Å². The molecule has 2 N–H and O–H groups in total. The minimum absolute atomic E-state index is 0.127. The molecule has 0 radical (unpaired) electrons. The van der Waals surface area contributed by atoms with Crippen molar-refractivity contribution in [3.63, 3.8) is 0 Å². The molecular formula is C22H24N4O. The third kappa shape index (κ3) is 3.92. The van der Waals surface area contributed by atoms with E-state index in [2.05, 4.69) is 53.5 Å². The molecule has 0 aliphatic heterocycles. The molecule has 1 saturated carbocycles. The molecule has 27 heavy (non-hydrogen) atoms. The highest BCUT2D eigenvalue weighted by molar-refractivity contribution is 5.95. The van der Waals surface area contributed by atoms with E-state index in [0.717, 1.165) is 46.1 Å². The van der Waals surface area contributed by atoms with Crippen LogP contribution in [0.5, 0.6) is 0 Å². The number of benzene rings is 2. The number of rotatable bonds is 5. The Morgan fingerprint density at radius 3 is 2.70 bits per heavy atom. The maximum Gasteiger partial charge on any atom is 0.227 e. The molecule has 4 rings (SSSR count). The molecule has 138 valence electrons. The van der Waals surface area contributed by atoms with Gasteiger partial charge in [-0.25, -0.2) is 9.97 Å². The van der Waals surface area contributed by atoms with Gasteiger partial charge in [0.15, 0.2) is 0 Å². The lowest BCUT2D eigenvalue weighted by atomic mass is 9.98. The van der Waals surface area contributed by atoms with Gasteiger partial charge in [0.05, 0.1) is 5.52 Å². The summed E-state index contributed by atoms with van der Waals surface area (Å²) in [6.45, 7) is 6.21. The lowest BCUT2D eigenvalue weighted by Gasteiger charge is -2.12. The molecular weight excluding hydrogens is 336 g/mol. The fraction of sp³-hybridized carbons (Fsp3) is 0.318. The quantitative estimate of drug-likeness (QED) is 0.687. The average molecular weight is 360 g/mol. The Kier molecular flexibility index (Phi) is 4.52. The highest BCUT2D eigenvalue weighted by Crippen LogP contribution is 2.32. The fourth-order valence-corrected chi connectivity index (χ4v) is 3.13. The Labute approximate surface area is 159 Å². The maximum atomic E-state index is 12.1. The summed E-state index contributed by atoms with van der Waals surface area (Å²) in [6, 6.07) is 12.5. The number of aryl methyl sites for hydroxylation is 1. The van der Waals surface area contributed by atoms with Crippen molar-refractivity contribution in [1.82, 2.24) is 9.97 Å². The molecule has 3 aromatic rings. The van der Waals surface area contributed by atoms with E-state index < -0.39 is 0 Å². The number of nitrogens with one attached hydrogen (secondary N) is 2. The van der Waals surface area contributed by atoms with Gasteiger partial charge in [0.1, 0.15) is 0 Å². The third-order valence-corrected chi connectivity index (χ3v) is 4.76. The highest BCUT2D eigenvalue weighted by atomic mass is 16.2. The van der Waals surface area contributed by atoms with Crippen LogP contribution >= 0.6 is 0 Å². The van der Waals surface area contributed by atoms with E-state index in [4.69, 9.17) is 0 Å². The third-order valence-electron chi connectivity index (χ3n) is 4.76. The number of aromatic nitrogens is 2. The molecule has 1 heterocycles. The molecule has 1 amide bonds. The minimum atomic E-state index is 0.127. The number of hydrogen-bond donors (Lipinski definition) is 2. The van der Waals surface area contributed by atoms with Gasteiger partial charge in [-0.3, -0.25) is 4.79 Å². The monoisotopic (exact) mass is 360 g/mol. The molecule has 2 aromatic carbocycles. The number of amides is 1. The van der Waals surface area contributed by atoms with Crippen molar-refractivity contribution in [2.45, 2.75) is 39.7 Å². The number of carbonyl (C=O) groups is 1. The fourth-order valence-electron chi connectivity index (χ4n) is 3.13. The van der Waals surface area contributed by atoms with Crippen LogP contribution in [0, 0.1) is 12.8 Å². The first-order valence-corrected chi connectivity index (χ1v) is 9.45. The van der Waals surface area contributed by atoms with Crippen LogP contribution in [0.3, 0.4) is 0 Å². The first-order chi connectivity index (χ1) is 13.0. The second-order valence-corrected chi connectivity index (χ2v) is 7.56. The largest absolute Gasteiger partial charge is 0.352 e. The number of fused-ring (bicyclic) bond motifs is 1. The predicted molar refractivity (Wildman–Crippen MR) is 110 cm³/mol. The normalized spacial score (nSPS) is 13.8. The highest BCUT2D eigenvalue weighted by Gasteiger charge is 2.29. The minimum Gasteiger partial charge on any atom is -0.352 e. The number of anilines is 2. The van der Waals surface area contributed by atoms with Crippen LogP contribution in [0.25, 0.3) is 22.0 Å². The molecule has 1 aliphatic rings. The van der Waals surface area contributed by atoms with E-state index in [-0.39, 0.29) is 17.9 Å². The van der Waals surface area contributed by atoms with Crippen molar-refractivity contribution < 1.29 is 4.79 Å². The van der Waals surface area contributed by atoms with Crippen molar-refractivity contribution in [3.05, 3.63) is 48.2 Å². The summed E-state index contributed by atoms with van der Waals surface area (Å²) in [7, 11) is 0. The standard InChI is InChI=1S/C22H24N4O/c1-13(2)24-22-23-12-17-10-16(7-9-20(17)26-22)19-11-18(8-4-14(19)3)25-21(27)15-5-6-15/h4,7-13,15H,5-6H2,1-3H3,(H,25,27)(H,23,24,26). The van der Waals surface area contributed by atoms with Gasteiger partial charge >= 0.3 is 0 Å². The van der Waals surface area contributed by atoms with Gasteiger partial charge in [-0.05, 0) is 74.6 Å². The van der Waals surface area contributed by atoms with Crippen LogP contribution in [0.4, 0.5) is 11.6 Å². The van der Waals surface area contributed by atoms with Crippen molar-refractivity contribution >= 4 is 28.4 Å². The van der Waals surface area contributed by atoms with Crippen molar-refractivity contribution in [2.24, 2.45) is 5.92 Å². The lowest BCUT2D eigenvalue weighted by molar-refractivity contribution is -0.117. The summed E-state index contributed by atoms with van der Waals surface area (Å²) in [5.41, 5.74) is 5.12. The zero-order chi connectivity index (χ0) is 19.0. The second-order valence-electron chi connectivity index (χ2n) is 7.56. The van der Waals surface area contributed by atoms with Crippen LogP contribution in [-0.4, -0.2) is 21.9 Å². The van der Waals surface area contributed by atoms with E-state index in [9.17, 15) is 4.79 Å². The molecule has 1 aliphatic carbocycles. The van der Waals surface area contributed by atoms with E-state index in [1.807, 2.05) is 30.5 Å². The second kappa shape index (κ2) is 6.99.